The van der Waals surface area contributed by atoms with E-state index < -0.39 is 0 Å². The summed E-state index contributed by atoms with van der Waals surface area (Å²) in [6, 6.07) is 6.28. The van der Waals surface area contributed by atoms with Gasteiger partial charge in [0.05, 0.1) is 8.26 Å². The molecule has 0 atom stereocenters. The van der Waals surface area contributed by atoms with Crippen LogP contribution in [0.4, 0.5) is 0 Å². The number of rotatable bonds is 0. The van der Waals surface area contributed by atoms with Crippen molar-refractivity contribution in [1.29, 1.82) is 0 Å². The molecular formula is C8H3Br3S. The second-order valence-electron chi connectivity index (χ2n) is 2.33. The van der Waals surface area contributed by atoms with Crippen LogP contribution in [0.2, 0.25) is 0 Å². The molecule has 0 unspecified atom stereocenters. The van der Waals surface area contributed by atoms with Gasteiger partial charge in [-0.3, -0.25) is 0 Å². The first-order chi connectivity index (χ1) is 5.68. The fourth-order valence-electron chi connectivity index (χ4n) is 1.01. The van der Waals surface area contributed by atoms with Crippen molar-refractivity contribution >= 4 is 69.2 Å². The third-order valence-corrected chi connectivity index (χ3v) is 5.50. The van der Waals surface area contributed by atoms with Crippen molar-refractivity contribution in [2.24, 2.45) is 0 Å². The highest BCUT2D eigenvalue weighted by Gasteiger charge is 2.06. The molecule has 0 saturated carbocycles. The quantitative estimate of drug-likeness (QED) is 0.598. The highest BCUT2D eigenvalue weighted by Crippen LogP contribution is 2.40. The van der Waals surface area contributed by atoms with Gasteiger partial charge in [0.2, 0.25) is 0 Å². The van der Waals surface area contributed by atoms with E-state index in [2.05, 4.69) is 66.0 Å². The van der Waals surface area contributed by atoms with Crippen LogP contribution >= 0.6 is 59.1 Å². The molecule has 0 aliphatic carbocycles. The highest BCUT2D eigenvalue weighted by atomic mass is 79.9. The van der Waals surface area contributed by atoms with E-state index in [1.807, 2.05) is 0 Å². The van der Waals surface area contributed by atoms with E-state index in [1.165, 1.54) is 10.1 Å². The van der Waals surface area contributed by atoms with Crippen molar-refractivity contribution in [3.63, 3.8) is 0 Å². The summed E-state index contributed by atoms with van der Waals surface area (Å²) in [5, 5.41) is 1.25. The molecule has 0 aliphatic rings. The molecule has 0 N–H and O–H groups in total. The molecule has 12 heavy (non-hydrogen) atoms. The summed E-state index contributed by atoms with van der Waals surface area (Å²) in [5.74, 6) is 0. The molecule has 0 saturated heterocycles. The van der Waals surface area contributed by atoms with Crippen LogP contribution < -0.4 is 0 Å². The molecular weight excluding hydrogens is 368 g/mol. The Morgan fingerprint density at radius 3 is 2.58 bits per heavy atom. The summed E-state index contributed by atoms with van der Waals surface area (Å²) in [7, 11) is 0. The molecule has 1 aromatic heterocycles. The van der Waals surface area contributed by atoms with Crippen LogP contribution in [0.15, 0.2) is 30.9 Å². The van der Waals surface area contributed by atoms with Gasteiger partial charge in [-0.2, -0.15) is 0 Å². The monoisotopic (exact) mass is 368 g/mol. The van der Waals surface area contributed by atoms with E-state index in [4.69, 9.17) is 0 Å². The molecule has 0 nitrogen and oxygen atoms in total. The first-order valence-electron chi connectivity index (χ1n) is 3.21. The third kappa shape index (κ3) is 1.50. The lowest BCUT2D eigenvalue weighted by Crippen LogP contribution is -1.64. The van der Waals surface area contributed by atoms with Crippen LogP contribution in [0, 0.1) is 0 Å². The number of benzene rings is 1. The molecule has 1 aromatic carbocycles. The second-order valence-corrected chi connectivity index (χ2v) is 6.41. The van der Waals surface area contributed by atoms with Crippen LogP contribution in [-0.2, 0) is 0 Å². The highest BCUT2D eigenvalue weighted by molar-refractivity contribution is 9.13. The van der Waals surface area contributed by atoms with Gasteiger partial charge in [-0.25, -0.2) is 0 Å². The Labute approximate surface area is 99.4 Å². The van der Waals surface area contributed by atoms with Gasteiger partial charge in [-0.05, 0) is 50.1 Å². The van der Waals surface area contributed by atoms with Crippen molar-refractivity contribution in [3.8, 4) is 0 Å². The Morgan fingerprint density at radius 1 is 1.08 bits per heavy atom. The predicted octanol–water partition coefficient (Wildman–Crippen LogP) is 5.19. The Bertz CT molecular complexity index is 433. The molecule has 4 heteroatoms. The van der Waals surface area contributed by atoms with Gasteiger partial charge in [0.1, 0.15) is 0 Å². The van der Waals surface area contributed by atoms with Crippen molar-refractivity contribution in [2.45, 2.75) is 0 Å². The molecule has 0 spiro atoms. The zero-order chi connectivity index (χ0) is 8.72. The van der Waals surface area contributed by atoms with Crippen LogP contribution in [0.3, 0.4) is 0 Å². The number of fused-ring (bicyclic) bond motifs is 1. The number of thiophene rings is 1. The minimum absolute atomic E-state index is 1.11. The maximum atomic E-state index is 3.53. The summed E-state index contributed by atoms with van der Waals surface area (Å²) in [5.41, 5.74) is 0. The Hall–Kier alpha value is 0.620. The maximum Gasteiger partial charge on any atom is 0.0853 e. The zero-order valence-corrected chi connectivity index (χ0v) is 11.3. The lowest BCUT2D eigenvalue weighted by molar-refractivity contribution is 1.75. The van der Waals surface area contributed by atoms with Gasteiger partial charge in [-0.1, -0.05) is 15.9 Å². The third-order valence-electron chi connectivity index (χ3n) is 1.55. The minimum atomic E-state index is 1.11. The molecule has 1 heterocycles. The molecule has 2 rings (SSSR count). The first kappa shape index (κ1) is 9.19. The molecule has 2 aromatic rings. The van der Waals surface area contributed by atoms with Crippen LogP contribution in [0.5, 0.6) is 0 Å². The normalized spacial score (nSPS) is 10.9. The van der Waals surface area contributed by atoms with Crippen LogP contribution in [0.25, 0.3) is 10.1 Å². The summed E-state index contributed by atoms with van der Waals surface area (Å²) in [6.07, 6.45) is 0. The lowest BCUT2D eigenvalue weighted by atomic mass is 10.3. The minimum Gasteiger partial charge on any atom is -0.127 e. The largest absolute Gasteiger partial charge is 0.127 e. The smallest absolute Gasteiger partial charge is 0.0853 e. The summed E-state index contributed by atoms with van der Waals surface area (Å²) < 4.78 is 4.69. The summed E-state index contributed by atoms with van der Waals surface area (Å²) >= 11 is 12.2. The van der Waals surface area contributed by atoms with E-state index in [1.54, 1.807) is 11.3 Å². The van der Waals surface area contributed by atoms with E-state index in [0.29, 0.717) is 0 Å². The van der Waals surface area contributed by atoms with Crippen molar-refractivity contribution in [2.75, 3.05) is 0 Å². The van der Waals surface area contributed by atoms with E-state index in [-0.39, 0.29) is 0 Å². The van der Waals surface area contributed by atoms with Gasteiger partial charge in [0.25, 0.3) is 0 Å². The fraction of sp³-hybridized carbons (Fsp3) is 0. The zero-order valence-electron chi connectivity index (χ0n) is 5.77. The number of halogens is 3. The Morgan fingerprint density at radius 2 is 1.83 bits per heavy atom. The maximum absolute atomic E-state index is 3.53. The second kappa shape index (κ2) is 3.40. The average Bonchev–Trinajstić information content (AvgIpc) is 2.31. The van der Waals surface area contributed by atoms with Gasteiger partial charge in [0.15, 0.2) is 0 Å². The average molecular weight is 371 g/mol. The van der Waals surface area contributed by atoms with Crippen molar-refractivity contribution in [3.05, 3.63) is 30.9 Å². The van der Waals surface area contributed by atoms with Gasteiger partial charge in [-0.15, -0.1) is 11.3 Å². The SMILES string of the molecule is Brc1ccc2sc(Br)c(Br)c2c1. The number of hydrogen-bond donors (Lipinski definition) is 0. The molecule has 0 aliphatic heterocycles. The molecule has 0 bridgehead atoms. The van der Waals surface area contributed by atoms with Crippen LogP contribution in [-0.4, -0.2) is 0 Å². The molecule has 62 valence electrons. The Balaban J connectivity index is 2.88. The van der Waals surface area contributed by atoms with E-state index in [9.17, 15) is 0 Å². The van der Waals surface area contributed by atoms with Crippen molar-refractivity contribution < 1.29 is 0 Å². The first-order valence-corrected chi connectivity index (χ1v) is 6.41. The fourth-order valence-corrected chi connectivity index (χ4v) is 3.61. The van der Waals surface area contributed by atoms with E-state index >= 15 is 0 Å². The standard InChI is InChI=1S/C8H3Br3S/c9-4-1-2-6-5(3-4)7(10)8(11)12-6/h1-3H. The van der Waals surface area contributed by atoms with Gasteiger partial charge >= 0.3 is 0 Å². The van der Waals surface area contributed by atoms with Gasteiger partial charge < -0.3 is 0 Å². The van der Waals surface area contributed by atoms with E-state index in [0.717, 1.165) is 12.7 Å². The summed E-state index contributed by atoms with van der Waals surface area (Å²) in [6.45, 7) is 0. The van der Waals surface area contributed by atoms with Crippen molar-refractivity contribution in [1.82, 2.24) is 0 Å². The van der Waals surface area contributed by atoms with Crippen LogP contribution in [0.1, 0.15) is 0 Å². The number of hydrogen-bond acceptors (Lipinski definition) is 1. The lowest BCUT2D eigenvalue weighted by Gasteiger charge is -1.90. The molecule has 0 radical (unpaired) electrons. The Kier molecular flexibility index (Phi) is 2.61. The molecule has 0 amide bonds. The molecule has 0 fully saturated rings. The summed E-state index contributed by atoms with van der Waals surface area (Å²) in [4.78, 5) is 0. The predicted molar refractivity (Wildman–Crippen MR) is 64.9 cm³/mol. The van der Waals surface area contributed by atoms with Gasteiger partial charge in [0, 0.05) is 14.6 Å². The topological polar surface area (TPSA) is 0 Å².